The van der Waals surface area contributed by atoms with Crippen LogP contribution in [0.3, 0.4) is 0 Å². The number of aromatic nitrogens is 2. The molecule has 1 amide bonds. The van der Waals surface area contributed by atoms with Crippen molar-refractivity contribution in [3.63, 3.8) is 0 Å². The van der Waals surface area contributed by atoms with Crippen molar-refractivity contribution < 1.29 is 22.7 Å². The number of anilines is 2. The number of sulfone groups is 1. The Labute approximate surface area is 240 Å². The molecule has 1 aliphatic heterocycles. The molecule has 41 heavy (non-hydrogen) atoms. The third kappa shape index (κ3) is 6.82. The maximum atomic E-state index is 13.2. The minimum absolute atomic E-state index is 0.209. The second-order valence-corrected chi connectivity index (χ2v) is 13.6. The molecule has 0 unspecified atom stereocenters. The Morgan fingerprint density at radius 2 is 1.63 bits per heavy atom. The summed E-state index contributed by atoms with van der Waals surface area (Å²) in [5.41, 5.74) is 3.84. The Morgan fingerprint density at radius 1 is 0.976 bits per heavy atom. The average Bonchev–Trinajstić information content (AvgIpc) is 3.32. The molecule has 0 radical (unpaired) electrons. The zero-order chi connectivity index (χ0) is 29.2. The highest BCUT2D eigenvalue weighted by atomic mass is 32.2. The molecule has 1 fully saturated rings. The molecule has 0 bridgehead atoms. The molecule has 1 aliphatic carbocycles. The predicted molar refractivity (Wildman–Crippen MR) is 158 cm³/mol. The summed E-state index contributed by atoms with van der Waals surface area (Å²) in [6.07, 6.45) is 8.98. The van der Waals surface area contributed by atoms with E-state index in [-0.39, 0.29) is 10.7 Å². The third-order valence-corrected chi connectivity index (χ3v) is 9.44. The molecule has 10 heteroatoms. The number of rotatable bonds is 6. The summed E-state index contributed by atoms with van der Waals surface area (Å²) in [5.74, 6) is 0.601. The molecule has 0 saturated carbocycles. The van der Waals surface area contributed by atoms with Crippen molar-refractivity contribution in [2.45, 2.75) is 62.2 Å². The van der Waals surface area contributed by atoms with E-state index in [1.54, 1.807) is 41.6 Å². The van der Waals surface area contributed by atoms with E-state index >= 15 is 0 Å². The summed E-state index contributed by atoms with van der Waals surface area (Å²) < 4.78 is 31.9. The summed E-state index contributed by atoms with van der Waals surface area (Å²) in [5, 5.41) is 2.55. The molecule has 2 heterocycles. The van der Waals surface area contributed by atoms with Crippen molar-refractivity contribution in [2.75, 3.05) is 18.4 Å². The number of carbonyl (C=O) groups is 2. The standard InChI is InChI=1S/C31H34N4O5S/c1-31(2,3)40-30(37)35-16-14-26(15-17-35)41(38,39)25-10-8-24(9-11-25)34-29-32-19-22(20-33-29)5-4-21-6-12-27-23(18-21)7-13-28(27)36/h4-6,8-12,18-20,26H,7,13-17H2,1-3H3,(H,32,33,34)/b5-4+. The van der Waals surface area contributed by atoms with Crippen LogP contribution in [-0.4, -0.2) is 59.1 Å². The Bertz CT molecular complexity index is 1570. The van der Waals surface area contributed by atoms with Gasteiger partial charge in [-0.15, -0.1) is 0 Å². The molecule has 1 N–H and O–H groups in total. The number of hydrogen-bond acceptors (Lipinski definition) is 8. The van der Waals surface area contributed by atoms with Crippen LogP contribution in [0, 0.1) is 0 Å². The van der Waals surface area contributed by atoms with Crippen LogP contribution in [0.15, 0.2) is 59.8 Å². The van der Waals surface area contributed by atoms with Crippen LogP contribution in [0.5, 0.6) is 0 Å². The maximum Gasteiger partial charge on any atom is 0.410 e. The number of fused-ring (bicyclic) bond motifs is 1. The Hall–Kier alpha value is -4.05. The summed E-state index contributed by atoms with van der Waals surface area (Å²) in [6.45, 7) is 6.11. The highest BCUT2D eigenvalue weighted by Gasteiger charge is 2.34. The lowest BCUT2D eigenvalue weighted by atomic mass is 10.1. The van der Waals surface area contributed by atoms with Crippen molar-refractivity contribution in [3.8, 4) is 0 Å². The first-order valence-electron chi connectivity index (χ1n) is 13.7. The first-order chi connectivity index (χ1) is 19.5. The number of nitrogens with zero attached hydrogens (tertiary/aromatic N) is 3. The molecule has 214 valence electrons. The molecule has 2 aromatic carbocycles. The van der Waals surface area contributed by atoms with Crippen LogP contribution >= 0.6 is 0 Å². The van der Waals surface area contributed by atoms with Crippen LogP contribution in [0.1, 0.15) is 67.1 Å². The van der Waals surface area contributed by atoms with Crippen molar-refractivity contribution in [2.24, 2.45) is 0 Å². The number of nitrogens with one attached hydrogen (secondary N) is 1. The van der Waals surface area contributed by atoms with Gasteiger partial charge in [0, 0.05) is 48.7 Å². The summed E-state index contributed by atoms with van der Waals surface area (Å²) in [4.78, 5) is 34.7. The molecule has 5 rings (SSSR count). The Balaban J connectivity index is 1.16. The van der Waals surface area contributed by atoms with Crippen LogP contribution in [0.4, 0.5) is 16.4 Å². The van der Waals surface area contributed by atoms with Crippen LogP contribution < -0.4 is 5.32 Å². The average molecular weight is 575 g/mol. The van der Waals surface area contributed by atoms with Gasteiger partial charge in [-0.2, -0.15) is 0 Å². The maximum absolute atomic E-state index is 13.2. The first kappa shape index (κ1) is 28.5. The normalized spacial score (nSPS) is 16.2. The van der Waals surface area contributed by atoms with Crippen molar-refractivity contribution in [1.82, 2.24) is 14.9 Å². The van der Waals surface area contributed by atoms with Crippen LogP contribution in [0.25, 0.3) is 12.2 Å². The van der Waals surface area contributed by atoms with Gasteiger partial charge < -0.3 is 15.0 Å². The number of benzene rings is 2. The molecule has 9 nitrogen and oxygen atoms in total. The summed E-state index contributed by atoms with van der Waals surface area (Å²) >= 11 is 0. The number of carbonyl (C=O) groups excluding carboxylic acids is 2. The second kappa shape index (κ2) is 11.4. The number of hydrogen-bond donors (Lipinski definition) is 1. The van der Waals surface area contributed by atoms with E-state index in [9.17, 15) is 18.0 Å². The molecule has 2 aliphatic rings. The van der Waals surface area contributed by atoms with E-state index in [1.807, 2.05) is 51.1 Å². The number of ether oxygens (including phenoxy) is 1. The van der Waals surface area contributed by atoms with Gasteiger partial charge in [0.15, 0.2) is 15.6 Å². The van der Waals surface area contributed by atoms with Gasteiger partial charge in [0.25, 0.3) is 0 Å². The number of piperidine rings is 1. The van der Waals surface area contributed by atoms with Gasteiger partial charge in [-0.05, 0) is 75.4 Å². The molecule has 0 atom stereocenters. The zero-order valence-corrected chi connectivity index (χ0v) is 24.3. The van der Waals surface area contributed by atoms with Gasteiger partial charge in [0.2, 0.25) is 5.95 Å². The van der Waals surface area contributed by atoms with Gasteiger partial charge in [-0.25, -0.2) is 23.2 Å². The SMILES string of the molecule is CC(C)(C)OC(=O)N1CCC(S(=O)(=O)c2ccc(Nc3ncc(/C=C/c4ccc5c(c4)CCC5=O)cn3)cc2)CC1. The number of likely N-dealkylation sites (tertiary alicyclic amines) is 1. The third-order valence-electron chi connectivity index (χ3n) is 7.16. The zero-order valence-electron chi connectivity index (χ0n) is 23.5. The minimum Gasteiger partial charge on any atom is -0.444 e. The fraction of sp³-hybridized carbons (Fsp3) is 0.355. The van der Waals surface area contributed by atoms with Crippen LogP contribution in [-0.2, 0) is 21.0 Å². The van der Waals surface area contributed by atoms with E-state index in [0.29, 0.717) is 44.0 Å². The molecular formula is C31H34N4O5S. The fourth-order valence-electron chi connectivity index (χ4n) is 4.98. The van der Waals surface area contributed by atoms with Crippen molar-refractivity contribution in [3.05, 3.63) is 77.1 Å². The lowest BCUT2D eigenvalue weighted by molar-refractivity contribution is 0.0217. The highest BCUT2D eigenvalue weighted by Crippen LogP contribution is 2.27. The topological polar surface area (TPSA) is 119 Å². The van der Waals surface area contributed by atoms with Gasteiger partial charge in [0.1, 0.15) is 5.60 Å². The molecule has 0 spiro atoms. The van der Waals surface area contributed by atoms with E-state index in [0.717, 1.165) is 28.7 Å². The van der Waals surface area contributed by atoms with Gasteiger partial charge in [-0.1, -0.05) is 30.4 Å². The second-order valence-electron chi connectivity index (χ2n) is 11.4. The van der Waals surface area contributed by atoms with Gasteiger partial charge in [-0.3, -0.25) is 4.79 Å². The number of amides is 1. The number of ketones is 1. The van der Waals surface area contributed by atoms with Crippen molar-refractivity contribution >= 4 is 45.5 Å². The lowest BCUT2D eigenvalue weighted by Gasteiger charge is -2.33. The molecule has 1 aromatic heterocycles. The summed E-state index contributed by atoms with van der Waals surface area (Å²) in [7, 11) is -3.54. The van der Waals surface area contributed by atoms with Crippen molar-refractivity contribution in [1.29, 1.82) is 0 Å². The molecular weight excluding hydrogens is 540 g/mol. The minimum atomic E-state index is -3.54. The first-order valence-corrected chi connectivity index (χ1v) is 15.3. The van der Waals surface area contributed by atoms with E-state index < -0.39 is 26.8 Å². The summed E-state index contributed by atoms with van der Waals surface area (Å²) in [6, 6.07) is 12.4. The van der Waals surface area contributed by atoms with E-state index in [2.05, 4.69) is 15.3 Å². The van der Waals surface area contributed by atoms with Gasteiger partial charge >= 0.3 is 6.09 Å². The Kier molecular flexibility index (Phi) is 7.95. The predicted octanol–water partition coefficient (Wildman–Crippen LogP) is 5.69. The number of aryl methyl sites for hydroxylation is 1. The van der Waals surface area contributed by atoms with E-state index in [1.165, 1.54) is 0 Å². The van der Waals surface area contributed by atoms with Crippen LogP contribution in [0.2, 0.25) is 0 Å². The van der Waals surface area contributed by atoms with Gasteiger partial charge in [0.05, 0.1) is 10.1 Å². The smallest absolute Gasteiger partial charge is 0.410 e. The highest BCUT2D eigenvalue weighted by molar-refractivity contribution is 7.92. The largest absolute Gasteiger partial charge is 0.444 e. The molecule has 1 saturated heterocycles. The monoisotopic (exact) mass is 574 g/mol. The Morgan fingerprint density at radius 3 is 2.29 bits per heavy atom. The lowest BCUT2D eigenvalue weighted by Crippen LogP contribution is -2.44. The quantitative estimate of drug-likeness (QED) is 0.399. The fourth-order valence-corrected chi connectivity index (χ4v) is 6.72. The molecule has 3 aromatic rings. The van der Waals surface area contributed by atoms with E-state index in [4.69, 9.17) is 4.74 Å². The number of Topliss-reactive ketones (excluding diaryl/α,β-unsaturated/α-hetero) is 1.